The van der Waals surface area contributed by atoms with Crippen molar-refractivity contribution in [2.45, 2.75) is 96.4 Å². The highest BCUT2D eigenvalue weighted by Gasteiger charge is 2.37. The number of carbonyl (C=O) groups excluding carboxylic acids is 4. The molecule has 3 amide bonds. The second-order valence-electron chi connectivity index (χ2n) is 17.3. The van der Waals surface area contributed by atoms with Gasteiger partial charge in [0.2, 0.25) is 0 Å². The van der Waals surface area contributed by atoms with E-state index in [0.29, 0.717) is 78.2 Å². The second-order valence-corrected chi connectivity index (χ2v) is 17.3. The highest BCUT2D eigenvalue weighted by Crippen LogP contribution is 2.26. The number of methoxy groups -OCH3 is 2. The van der Waals surface area contributed by atoms with Crippen molar-refractivity contribution in [3.05, 3.63) is 106 Å². The summed E-state index contributed by atoms with van der Waals surface area (Å²) in [7, 11) is 2.76. The van der Waals surface area contributed by atoms with Gasteiger partial charge in [0.15, 0.2) is 41.4 Å². The molecule has 4 aromatic rings. The number of amides is 3. The molecule has 25 heteroatoms. The van der Waals surface area contributed by atoms with Crippen molar-refractivity contribution in [3.8, 4) is 11.5 Å². The van der Waals surface area contributed by atoms with Crippen molar-refractivity contribution in [1.29, 1.82) is 0 Å². The molecule has 2 aromatic heterocycles. The molecular formula is C49H58F2N10O13. The topological polar surface area (TPSA) is 290 Å². The molecular weight excluding hydrogens is 975 g/mol. The van der Waals surface area contributed by atoms with Crippen LogP contribution in [0.3, 0.4) is 0 Å². The first kappa shape index (κ1) is 54.5. The maximum absolute atomic E-state index is 13.7. The van der Waals surface area contributed by atoms with Gasteiger partial charge in [0.25, 0.3) is 17.7 Å². The number of ether oxygens (including phenoxy) is 7. The summed E-state index contributed by atoms with van der Waals surface area (Å²) in [5.74, 6) is -1.73. The predicted octanol–water partition coefficient (Wildman–Crippen LogP) is 2.31. The fourth-order valence-electron chi connectivity index (χ4n) is 7.79. The first-order valence-electron chi connectivity index (χ1n) is 23.6. The van der Waals surface area contributed by atoms with Crippen molar-refractivity contribution < 1.29 is 70.8 Å². The van der Waals surface area contributed by atoms with Crippen LogP contribution < -0.4 is 31.2 Å². The Kier molecular flexibility index (Phi) is 18.8. The minimum atomic E-state index is -0.900. The van der Waals surface area contributed by atoms with Crippen LogP contribution in [-0.2, 0) is 56.0 Å². The van der Waals surface area contributed by atoms with E-state index in [4.69, 9.17) is 48.6 Å². The molecule has 396 valence electrons. The Morgan fingerprint density at radius 1 is 0.662 bits per heavy atom. The van der Waals surface area contributed by atoms with E-state index < -0.39 is 53.6 Å². The molecule has 2 fully saturated rings. The molecule has 2 aromatic carbocycles. The summed E-state index contributed by atoms with van der Waals surface area (Å²) < 4.78 is 65.2. The average Bonchev–Trinajstić information content (AvgIpc) is 4.11. The molecule has 4 aliphatic rings. The van der Waals surface area contributed by atoms with Crippen LogP contribution in [0.1, 0.15) is 81.8 Å². The Labute approximate surface area is 424 Å². The summed E-state index contributed by atoms with van der Waals surface area (Å²) >= 11 is 0. The van der Waals surface area contributed by atoms with E-state index in [-0.39, 0.29) is 80.2 Å². The van der Waals surface area contributed by atoms with Gasteiger partial charge in [-0.1, -0.05) is 22.4 Å². The number of aryl methyl sites for hydroxylation is 2. The van der Waals surface area contributed by atoms with Crippen LogP contribution in [-0.4, -0.2) is 152 Å². The van der Waals surface area contributed by atoms with Gasteiger partial charge in [0.1, 0.15) is 46.7 Å². The summed E-state index contributed by atoms with van der Waals surface area (Å²) in [4.78, 5) is 77.0. The maximum Gasteiger partial charge on any atom is 0.303 e. The number of nitrogens with zero attached hydrogens (tertiary/aromatic N) is 6. The highest BCUT2D eigenvalue weighted by molar-refractivity contribution is 6.02. The molecule has 0 saturated carbocycles. The number of oxime groups is 2. The summed E-state index contributed by atoms with van der Waals surface area (Å²) in [6.45, 7) is 8.25. The molecule has 74 heavy (non-hydrogen) atoms. The standard InChI is InChI=1S/C27H32FN5O8.C22H26FN5O5/c1-14(40-16(3)34)26(35)30-11-18-12-39-25(13-38-18)24-9-21(33-41-24)20-8-22(32-15(2)31-20)27(36)29-10-17-5-6-19(28)23(7-17)37-4;1-12-26-16(17-7-20(33-28-17)21-11-31-14(8-24)10-32-21)6-18(27-12)22(29)25-9-13-3-4-15(23)19(5-13)30-2/h5-8,14,18,24-25H,9-13H2,1-4H3,(H,29,36)(H,30,35);3-6,14,20-21H,7-11,24H2,1-2H3,(H,25,29)/t14-,18+,24-,25+;14-,20+,21-/m01/s1. The van der Waals surface area contributed by atoms with Crippen LogP contribution in [0.15, 0.2) is 58.8 Å². The van der Waals surface area contributed by atoms with E-state index in [9.17, 15) is 28.0 Å². The summed E-state index contributed by atoms with van der Waals surface area (Å²) in [5.41, 5.74) is 9.40. The molecule has 6 heterocycles. The van der Waals surface area contributed by atoms with Crippen LogP contribution in [0.25, 0.3) is 0 Å². The molecule has 0 unspecified atom stereocenters. The summed E-state index contributed by atoms with van der Waals surface area (Å²) in [6, 6.07) is 11.8. The second kappa shape index (κ2) is 25.6. The van der Waals surface area contributed by atoms with Crippen LogP contribution in [0.4, 0.5) is 8.78 Å². The molecule has 8 rings (SSSR count). The van der Waals surface area contributed by atoms with Crippen LogP contribution in [0, 0.1) is 25.5 Å². The number of halogens is 2. The maximum atomic E-state index is 13.7. The summed E-state index contributed by atoms with van der Waals surface area (Å²) in [6.07, 6.45) is -1.92. The Hall–Kier alpha value is -7.32. The largest absolute Gasteiger partial charge is 0.494 e. The molecule has 23 nitrogen and oxygen atoms in total. The Morgan fingerprint density at radius 2 is 1.14 bits per heavy atom. The predicted molar refractivity (Wildman–Crippen MR) is 256 cm³/mol. The third kappa shape index (κ3) is 14.7. The third-order valence-electron chi connectivity index (χ3n) is 11.7. The minimum Gasteiger partial charge on any atom is -0.494 e. The number of hydrogen-bond acceptors (Lipinski definition) is 20. The lowest BCUT2D eigenvalue weighted by Gasteiger charge is -2.31. The number of nitrogens with two attached hydrogens (primary N) is 1. The van der Waals surface area contributed by atoms with E-state index >= 15 is 0 Å². The average molecular weight is 1030 g/mol. The van der Waals surface area contributed by atoms with Gasteiger partial charge in [-0.3, -0.25) is 19.2 Å². The Balaban J connectivity index is 0.000000221. The third-order valence-corrected chi connectivity index (χ3v) is 11.7. The monoisotopic (exact) mass is 1030 g/mol. The van der Waals surface area contributed by atoms with Crippen LogP contribution in [0.2, 0.25) is 0 Å². The molecule has 0 aliphatic carbocycles. The molecule has 5 N–H and O–H groups in total. The quantitative estimate of drug-likeness (QED) is 0.110. The molecule has 0 radical (unpaired) electrons. The molecule has 0 bridgehead atoms. The zero-order valence-corrected chi connectivity index (χ0v) is 41.6. The lowest BCUT2D eigenvalue weighted by Crippen LogP contribution is -2.48. The highest BCUT2D eigenvalue weighted by atomic mass is 19.1. The fourth-order valence-corrected chi connectivity index (χ4v) is 7.79. The molecule has 0 spiro atoms. The number of rotatable bonds is 17. The van der Waals surface area contributed by atoms with Crippen molar-refractivity contribution in [2.24, 2.45) is 16.0 Å². The van der Waals surface area contributed by atoms with Gasteiger partial charge >= 0.3 is 5.97 Å². The van der Waals surface area contributed by atoms with Crippen molar-refractivity contribution in [1.82, 2.24) is 35.9 Å². The van der Waals surface area contributed by atoms with Crippen molar-refractivity contribution in [3.63, 3.8) is 0 Å². The zero-order valence-electron chi connectivity index (χ0n) is 41.6. The first-order chi connectivity index (χ1) is 35.6. The molecule has 7 atom stereocenters. The van der Waals surface area contributed by atoms with Crippen molar-refractivity contribution in [2.75, 3.05) is 53.7 Å². The van der Waals surface area contributed by atoms with Gasteiger partial charge in [0.05, 0.1) is 64.2 Å². The van der Waals surface area contributed by atoms with Crippen LogP contribution >= 0.6 is 0 Å². The zero-order chi connectivity index (χ0) is 52.9. The van der Waals surface area contributed by atoms with Gasteiger partial charge in [-0.2, -0.15) is 0 Å². The summed E-state index contributed by atoms with van der Waals surface area (Å²) in [5, 5.41) is 16.5. The molecule has 2 saturated heterocycles. The molecule has 4 aliphatic heterocycles. The number of carbonyl (C=O) groups is 4. The van der Waals surface area contributed by atoms with E-state index in [0.717, 1.165) is 0 Å². The van der Waals surface area contributed by atoms with Gasteiger partial charge < -0.3 is 64.5 Å². The minimum absolute atomic E-state index is 0.0891. The first-order valence-corrected chi connectivity index (χ1v) is 23.6. The smallest absolute Gasteiger partial charge is 0.303 e. The number of benzene rings is 2. The number of nitrogens with one attached hydrogen (secondary N) is 3. The van der Waals surface area contributed by atoms with Gasteiger partial charge in [-0.25, -0.2) is 28.7 Å². The van der Waals surface area contributed by atoms with E-state index in [1.165, 1.54) is 58.4 Å². The van der Waals surface area contributed by atoms with E-state index in [1.807, 2.05) is 0 Å². The number of esters is 1. The van der Waals surface area contributed by atoms with Crippen LogP contribution in [0.5, 0.6) is 11.5 Å². The lowest BCUT2D eigenvalue weighted by atomic mass is 10.0. The Bertz CT molecular complexity index is 2720. The fraction of sp³-hybridized carbons (Fsp3) is 0.469. The normalized spacial score (nSPS) is 21.5. The lowest BCUT2D eigenvalue weighted by molar-refractivity contribution is -0.171. The van der Waals surface area contributed by atoms with Gasteiger partial charge in [0, 0.05) is 45.9 Å². The van der Waals surface area contributed by atoms with E-state index in [1.54, 1.807) is 32.0 Å². The van der Waals surface area contributed by atoms with Gasteiger partial charge in [-0.15, -0.1) is 0 Å². The van der Waals surface area contributed by atoms with Crippen molar-refractivity contribution >= 4 is 35.1 Å². The van der Waals surface area contributed by atoms with E-state index in [2.05, 4.69) is 46.2 Å². The Morgan fingerprint density at radius 3 is 1.55 bits per heavy atom. The number of hydrogen-bond donors (Lipinski definition) is 4. The van der Waals surface area contributed by atoms with Gasteiger partial charge in [-0.05, 0) is 68.3 Å². The number of aromatic nitrogens is 4. The SMILES string of the molecule is COc1cc(CNC(=O)c2cc(C3=NO[C@H]([C@H]4CO[C@H](CN)CO4)C3)nc(C)n2)ccc1F.COc1cc(CNC(=O)c2cc(C3=NO[C@H]([C@H]4CO[C@H](CNC(=O)[C@H](C)OC(C)=O)CO4)C3)nc(C)n2)ccc1F.